The van der Waals surface area contributed by atoms with Gasteiger partial charge in [-0.15, -0.1) is 0 Å². The fourth-order valence-corrected chi connectivity index (χ4v) is 20.5. The summed E-state index contributed by atoms with van der Waals surface area (Å²) in [6, 6.07) is 63.7. The first-order chi connectivity index (χ1) is 47.8. The number of benzene rings is 8. The number of rotatable bonds is 33. The fraction of sp³-hybridized carbons (Fsp3) is 0.515. The highest BCUT2D eigenvalue weighted by atomic mass is 14.5. The molecule has 4 aliphatic carbocycles. The van der Waals surface area contributed by atoms with E-state index < -0.39 is 0 Å². The van der Waals surface area contributed by atoms with Gasteiger partial charge in [-0.25, -0.2) is 0 Å². The van der Waals surface area contributed by atoms with Crippen LogP contribution in [0.5, 0.6) is 0 Å². The molecule has 0 fully saturated rings. The van der Waals surface area contributed by atoms with E-state index in [9.17, 15) is 0 Å². The molecule has 0 saturated heterocycles. The third kappa shape index (κ3) is 13.3. The molecule has 0 aromatic heterocycles. The molecule has 0 aliphatic heterocycles. The Bertz CT molecular complexity index is 4060. The Kier molecular flexibility index (Phi) is 22.3. The Balaban J connectivity index is 0.982. The minimum Gasteiger partial charge on any atom is -0.0654 e. The Morgan fingerprint density at radius 2 is 0.475 bits per heavy atom. The highest BCUT2D eigenvalue weighted by Gasteiger charge is 2.50. The van der Waals surface area contributed by atoms with Gasteiger partial charge < -0.3 is 0 Å². The van der Waals surface area contributed by atoms with E-state index in [2.05, 4.69) is 269 Å². The zero-order valence-corrected chi connectivity index (χ0v) is 65.1. The summed E-state index contributed by atoms with van der Waals surface area (Å²) in [6.45, 7) is 41.8. The van der Waals surface area contributed by atoms with Gasteiger partial charge in [0.15, 0.2) is 0 Å². The maximum Gasteiger partial charge on any atom is 0.0220 e. The van der Waals surface area contributed by atoms with Crippen LogP contribution in [-0.4, -0.2) is 0 Å². The normalized spacial score (nSPS) is 21.5. The molecule has 8 aromatic carbocycles. The maximum absolute atomic E-state index is 2.74. The lowest BCUT2D eigenvalue weighted by Crippen LogP contribution is -2.31. The molecule has 0 bridgehead atoms. The molecule has 0 nitrogen and oxygen atoms in total. The SMILES string of the molecule is CCCCC(CC)CC1(CC(CC)CCCC)c2cc(C)ccc2-c2ccc(-c3ccc4c(c3)C(CC(C)CC)(CC(C)CC)c3cc(-c5ccc6c(c5)C(CC(C)CC)(CC(C)CC)c5cc(-c7ccc8c(c7)C(CC(C)CC)(CC(C)CC)c7ccccc7-8)ccc5-6)ccc3-4)cc21. The number of aryl methyl sites for hydroxylation is 1. The van der Waals surface area contributed by atoms with Crippen molar-refractivity contribution in [3.8, 4) is 77.9 Å². The second-order valence-corrected chi connectivity index (χ2v) is 34.0. The van der Waals surface area contributed by atoms with Crippen LogP contribution < -0.4 is 0 Å². The van der Waals surface area contributed by atoms with Gasteiger partial charge in [0, 0.05) is 21.7 Å². The number of hydrogen-bond donors (Lipinski definition) is 0. The van der Waals surface area contributed by atoms with Gasteiger partial charge in [0.2, 0.25) is 0 Å². The van der Waals surface area contributed by atoms with E-state index in [1.54, 1.807) is 44.5 Å². The average Bonchev–Trinajstić information content (AvgIpc) is 1.57. The lowest BCUT2D eigenvalue weighted by atomic mass is 9.64. The van der Waals surface area contributed by atoms with Gasteiger partial charge in [0.05, 0.1) is 0 Å². The summed E-state index contributed by atoms with van der Waals surface area (Å²) in [5.74, 6) is 4.92. The number of fused-ring (bicyclic) bond motifs is 12. The van der Waals surface area contributed by atoms with Gasteiger partial charge in [-0.2, -0.15) is 0 Å². The monoisotopic (exact) mass is 1320 g/mol. The van der Waals surface area contributed by atoms with Crippen molar-refractivity contribution in [1.82, 2.24) is 0 Å². The summed E-state index contributed by atoms with van der Waals surface area (Å²) in [4.78, 5) is 0. The molecule has 0 N–H and O–H groups in total. The molecule has 524 valence electrons. The maximum atomic E-state index is 2.74. The second kappa shape index (κ2) is 30.4. The second-order valence-electron chi connectivity index (χ2n) is 34.0. The van der Waals surface area contributed by atoms with Crippen molar-refractivity contribution in [1.29, 1.82) is 0 Å². The van der Waals surface area contributed by atoms with E-state index in [0.29, 0.717) is 47.3 Å². The first kappa shape index (κ1) is 72.5. The van der Waals surface area contributed by atoms with E-state index in [1.165, 1.54) is 199 Å². The minimum absolute atomic E-state index is 0.000418. The van der Waals surface area contributed by atoms with Crippen LogP contribution in [0.25, 0.3) is 77.9 Å². The Morgan fingerprint density at radius 3 is 0.737 bits per heavy atom. The molecule has 0 spiro atoms. The first-order valence-corrected chi connectivity index (χ1v) is 41.0. The van der Waals surface area contributed by atoms with E-state index in [-0.39, 0.29) is 21.7 Å². The van der Waals surface area contributed by atoms with Gasteiger partial charge in [0.1, 0.15) is 0 Å². The molecule has 0 heteroatoms. The van der Waals surface area contributed by atoms with Crippen LogP contribution in [0, 0.1) is 54.3 Å². The van der Waals surface area contributed by atoms with E-state index >= 15 is 0 Å². The molecule has 0 radical (unpaired) electrons. The molecule has 12 rings (SSSR count). The van der Waals surface area contributed by atoms with Crippen LogP contribution >= 0.6 is 0 Å². The molecular weight excluding hydrogens is 1190 g/mol. The Labute approximate surface area is 603 Å². The molecule has 8 aromatic rings. The van der Waals surface area contributed by atoms with Gasteiger partial charge in [-0.3, -0.25) is 0 Å². The topological polar surface area (TPSA) is 0 Å². The smallest absolute Gasteiger partial charge is 0.0220 e. The zero-order chi connectivity index (χ0) is 70.1. The quantitative estimate of drug-likeness (QED) is 0.0385. The van der Waals surface area contributed by atoms with Crippen LogP contribution in [0.1, 0.15) is 302 Å². The van der Waals surface area contributed by atoms with Gasteiger partial charge in [-0.1, -0.05) is 321 Å². The van der Waals surface area contributed by atoms with Gasteiger partial charge in [0.25, 0.3) is 0 Å². The highest BCUT2D eigenvalue weighted by Crippen LogP contribution is 2.63. The van der Waals surface area contributed by atoms with Crippen LogP contribution in [-0.2, 0) is 21.7 Å². The highest BCUT2D eigenvalue weighted by molar-refractivity contribution is 5.91. The molecule has 4 aliphatic rings. The van der Waals surface area contributed by atoms with Gasteiger partial charge >= 0.3 is 0 Å². The standard InChI is InChI=1S/C99H128/c1-18-28-32-72(26-9)63-99(64-73(27-10)33-29-19-2)89-50-71(17)36-43-81(89)83-45-38-79(56-95(83)99)78-42-49-87-86-48-41-77(54-93(86)98(94(87)55-78,61-69(15)24-7)62-70(16)25-8)76-40-47-85-84-46-39-75(52-91(84)97(92(85)53-76,59-67(13)22-5)60-68(14)23-6)74-37-44-82-80-34-30-31-35-88(80)96(90(82)51-74,57-65(11)20-3)58-66(12)21-4/h30-31,34-56,65-70,72-73H,18-29,32-33,57-64H2,1-17H3. The van der Waals surface area contributed by atoms with Crippen molar-refractivity contribution in [2.24, 2.45) is 47.3 Å². The van der Waals surface area contributed by atoms with Crippen molar-refractivity contribution >= 4 is 0 Å². The Morgan fingerprint density at radius 1 is 0.242 bits per heavy atom. The largest absolute Gasteiger partial charge is 0.0654 e. The summed E-state index contributed by atoms with van der Waals surface area (Å²) < 4.78 is 0. The molecule has 0 saturated carbocycles. The third-order valence-corrected chi connectivity index (χ3v) is 27.2. The number of hydrogen-bond acceptors (Lipinski definition) is 0. The first-order valence-electron chi connectivity index (χ1n) is 41.0. The van der Waals surface area contributed by atoms with Crippen LogP contribution in [0.15, 0.2) is 152 Å². The van der Waals surface area contributed by atoms with Crippen molar-refractivity contribution in [3.05, 3.63) is 202 Å². The van der Waals surface area contributed by atoms with E-state index in [4.69, 9.17) is 0 Å². The van der Waals surface area contributed by atoms with Gasteiger partial charge in [-0.05, 0) is 264 Å². The molecule has 0 amide bonds. The molecular formula is C99H128. The summed E-state index contributed by atoms with van der Waals surface area (Å²) in [5.41, 5.74) is 33.7. The van der Waals surface area contributed by atoms with Crippen molar-refractivity contribution < 1.29 is 0 Å². The average molecular weight is 1320 g/mol. The summed E-state index contributed by atoms with van der Waals surface area (Å²) >= 11 is 0. The fourth-order valence-electron chi connectivity index (χ4n) is 20.5. The van der Waals surface area contributed by atoms with Crippen molar-refractivity contribution in [2.45, 2.75) is 281 Å². The zero-order valence-electron chi connectivity index (χ0n) is 65.1. The van der Waals surface area contributed by atoms with E-state index in [1.807, 2.05) is 0 Å². The molecule has 8 unspecified atom stereocenters. The molecule has 99 heavy (non-hydrogen) atoms. The number of unbranched alkanes of at least 4 members (excludes halogenated alkanes) is 2. The molecule has 0 heterocycles. The lowest BCUT2D eigenvalue weighted by Gasteiger charge is -2.39. The summed E-state index contributed by atoms with van der Waals surface area (Å²) in [7, 11) is 0. The predicted octanol–water partition coefficient (Wildman–Crippen LogP) is 29.9. The molecule has 8 atom stereocenters. The van der Waals surface area contributed by atoms with Crippen LogP contribution in [0.3, 0.4) is 0 Å². The van der Waals surface area contributed by atoms with Crippen molar-refractivity contribution in [3.63, 3.8) is 0 Å². The van der Waals surface area contributed by atoms with Crippen LogP contribution in [0.2, 0.25) is 0 Å². The van der Waals surface area contributed by atoms with Crippen LogP contribution in [0.4, 0.5) is 0 Å². The third-order valence-electron chi connectivity index (χ3n) is 27.2. The summed E-state index contributed by atoms with van der Waals surface area (Å²) in [5, 5.41) is 0. The van der Waals surface area contributed by atoms with E-state index in [0.717, 1.165) is 25.7 Å². The van der Waals surface area contributed by atoms with Crippen molar-refractivity contribution in [2.75, 3.05) is 0 Å². The lowest BCUT2D eigenvalue weighted by molar-refractivity contribution is 0.266. The minimum atomic E-state index is -0.125. The summed E-state index contributed by atoms with van der Waals surface area (Å²) in [6.07, 6.45) is 26.9. The Hall–Kier alpha value is -6.24. The predicted molar refractivity (Wildman–Crippen MR) is 433 cm³/mol.